The summed E-state index contributed by atoms with van der Waals surface area (Å²) < 4.78 is 6.46. The second-order valence-corrected chi connectivity index (χ2v) is 7.25. The molecule has 142 valence electrons. The lowest BCUT2D eigenvalue weighted by atomic mass is 10.1. The third kappa shape index (κ3) is 4.66. The van der Waals surface area contributed by atoms with Crippen molar-refractivity contribution in [3.8, 4) is 5.88 Å². The van der Waals surface area contributed by atoms with Crippen LogP contribution >= 0.6 is 15.9 Å². The Kier molecular flexibility index (Phi) is 6.45. The molecule has 1 saturated heterocycles. The quantitative estimate of drug-likeness (QED) is 0.729. The van der Waals surface area contributed by atoms with Crippen molar-refractivity contribution in [2.75, 3.05) is 18.1 Å². The number of pyridine rings is 1. The van der Waals surface area contributed by atoms with Crippen molar-refractivity contribution < 1.29 is 14.3 Å². The standard InChI is InChI=1S/C20H22BrN3O3/c1-2-10-27-20-14(6-5-9-22-20)12-23-19(26)15-11-18(25)24(13-15)17-8-4-3-7-16(17)21/h3-9,15H,2,10-13H2,1H3,(H,23,26)/t15-/m0/s1. The van der Waals surface area contributed by atoms with E-state index in [4.69, 9.17) is 4.74 Å². The summed E-state index contributed by atoms with van der Waals surface area (Å²) in [5.41, 5.74) is 1.62. The predicted octanol–water partition coefficient (Wildman–Crippen LogP) is 3.30. The molecule has 1 aromatic heterocycles. The molecular formula is C20H22BrN3O3. The first-order valence-electron chi connectivity index (χ1n) is 8.99. The minimum atomic E-state index is -0.374. The van der Waals surface area contributed by atoms with Crippen molar-refractivity contribution in [1.29, 1.82) is 0 Å². The van der Waals surface area contributed by atoms with Gasteiger partial charge >= 0.3 is 0 Å². The first-order chi connectivity index (χ1) is 13.1. The number of amides is 2. The Labute approximate surface area is 167 Å². The van der Waals surface area contributed by atoms with Crippen LogP contribution in [0.2, 0.25) is 0 Å². The number of hydrogen-bond donors (Lipinski definition) is 1. The van der Waals surface area contributed by atoms with Gasteiger partial charge in [0.05, 0.1) is 18.2 Å². The molecule has 6 nitrogen and oxygen atoms in total. The SMILES string of the molecule is CCCOc1ncccc1CNC(=O)[C@H]1CC(=O)N(c2ccccc2Br)C1. The molecular weight excluding hydrogens is 410 g/mol. The molecule has 2 aromatic rings. The van der Waals surface area contributed by atoms with E-state index in [1.807, 2.05) is 43.3 Å². The topological polar surface area (TPSA) is 71.5 Å². The Morgan fingerprint density at radius 2 is 2.15 bits per heavy atom. The van der Waals surface area contributed by atoms with Crippen LogP contribution in [0.5, 0.6) is 5.88 Å². The van der Waals surface area contributed by atoms with E-state index in [0.717, 1.165) is 22.1 Å². The zero-order valence-corrected chi connectivity index (χ0v) is 16.7. The summed E-state index contributed by atoms with van der Waals surface area (Å²) in [6, 6.07) is 11.2. The average Bonchev–Trinajstić information content (AvgIpc) is 3.07. The number of carbonyl (C=O) groups excluding carboxylic acids is 2. The van der Waals surface area contributed by atoms with Crippen LogP contribution < -0.4 is 15.0 Å². The molecule has 0 unspecified atom stereocenters. The molecule has 2 heterocycles. The Hall–Kier alpha value is -2.41. The summed E-state index contributed by atoms with van der Waals surface area (Å²) in [7, 11) is 0. The van der Waals surface area contributed by atoms with Crippen molar-refractivity contribution in [3.63, 3.8) is 0 Å². The molecule has 0 spiro atoms. The highest BCUT2D eigenvalue weighted by atomic mass is 79.9. The highest BCUT2D eigenvalue weighted by Crippen LogP contribution is 2.31. The Bertz CT molecular complexity index is 828. The molecule has 27 heavy (non-hydrogen) atoms. The van der Waals surface area contributed by atoms with Gasteiger partial charge in [-0.1, -0.05) is 25.1 Å². The maximum Gasteiger partial charge on any atom is 0.227 e. The minimum absolute atomic E-state index is 0.0459. The zero-order chi connectivity index (χ0) is 19.2. The summed E-state index contributed by atoms with van der Waals surface area (Å²) >= 11 is 3.47. The molecule has 0 aliphatic carbocycles. The number of para-hydroxylation sites is 1. The van der Waals surface area contributed by atoms with Crippen molar-refractivity contribution >= 4 is 33.4 Å². The lowest BCUT2D eigenvalue weighted by Gasteiger charge is -2.18. The number of ether oxygens (including phenoxy) is 1. The molecule has 1 N–H and O–H groups in total. The van der Waals surface area contributed by atoms with Gasteiger partial charge in [-0.25, -0.2) is 4.98 Å². The molecule has 0 saturated carbocycles. The lowest BCUT2D eigenvalue weighted by Crippen LogP contribution is -2.32. The number of nitrogens with zero attached hydrogens (tertiary/aromatic N) is 2. The van der Waals surface area contributed by atoms with Crippen LogP contribution in [-0.4, -0.2) is 29.9 Å². The first kappa shape index (κ1) is 19.4. The van der Waals surface area contributed by atoms with E-state index >= 15 is 0 Å². The molecule has 1 aromatic carbocycles. The van der Waals surface area contributed by atoms with E-state index in [1.54, 1.807) is 11.1 Å². The van der Waals surface area contributed by atoms with Gasteiger partial charge in [-0.2, -0.15) is 0 Å². The molecule has 2 amide bonds. The lowest BCUT2D eigenvalue weighted by molar-refractivity contribution is -0.126. The van der Waals surface area contributed by atoms with Gasteiger partial charge in [0, 0.05) is 35.7 Å². The van der Waals surface area contributed by atoms with Gasteiger partial charge < -0.3 is 15.0 Å². The second kappa shape index (κ2) is 8.99. The number of aromatic nitrogens is 1. The monoisotopic (exact) mass is 431 g/mol. The highest BCUT2D eigenvalue weighted by molar-refractivity contribution is 9.10. The fourth-order valence-corrected chi connectivity index (χ4v) is 3.50. The third-order valence-electron chi connectivity index (χ3n) is 4.39. The van der Waals surface area contributed by atoms with Crippen molar-refractivity contribution in [2.24, 2.45) is 5.92 Å². The second-order valence-electron chi connectivity index (χ2n) is 6.39. The Balaban J connectivity index is 1.61. The molecule has 1 aliphatic heterocycles. The van der Waals surface area contributed by atoms with Crippen LogP contribution in [-0.2, 0) is 16.1 Å². The predicted molar refractivity (Wildman–Crippen MR) is 106 cm³/mol. The molecule has 1 aliphatic rings. The normalized spacial score (nSPS) is 16.4. The number of anilines is 1. The molecule has 1 atom stereocenters. The minimum Gasteiger partial charge on any atom is -0.477 e. The van der Waals surface area contributed by atoms with E-state index in [0.29, 0.717) is 25.6 Å². The van der Waals surface area contributed by atoms with Crippen molar-refractivity contribution in [3.05, 3.63) is 52.6 Å². The van der Waals surface area contributed by atoms with E-state index in [9.17, 15) is 9.59 Å². The van der Waals surface area contributed by atoms with E-state index < -0.39 is 0 Å². The average molecular weight is 432 g/mol. The Morgan fingerprint density at radius 1 is 1.33 bits per heavy atom. The smallest absolute Gasteiger partial charge is 0.227 e. The van der Waals surface area contributed by atoms with Gasteiger partial charge in [0.1, 0.15) is 0 Å². The van der Waals surface area contributed by atoms with Gasteiger partial charge in [0.15, 0.2) is 0 Å². The van der Waals surface area contributed by atoms with Gasteiger partial charge in [-0.05, 0) is 40.5 Å². The van der Waals surface area contributed by atoms with Crippen LogP contribution in [0.15, 0.2) is 47.1 Å². The van der Waals surface area contributed by atoms with Gasteiger partial charge in [0.25, 0.3) is 0 Å². The van der Waals surface area contributed by atoms with Crippen LogP contribution in [0.1, 0.15) is 25.3 Å². The fourth-order valence-electron chi connectivity index (χ4n) is 3.00. The summed E-state index contributed by atoms with van der Waals surface area (Å²) in [5, 5.41) is 2.92. The van der Waals surface area contributed by atoms with Crippen molar-refractivity contribution in [2.45, 2.75) is 26.3 Å². The maximum atomic E-state index is 12.6. The number of carbonyl (C=O) groups is 2. The molecule has 7 heteroatoms. The maximum absolute atomic E-state index is 12.6. The molecule has 3 rings (SSSR count). The summed E-state index contributed by atoms with van der Waals surface area (Å²) in [6.07, 6.45) is 2.76. The van der Waals surface area contributed by atoms with E-state index in [2.05, 4.69) is 26.2 Å². The molecule has 0 bridgehead atoms. The van der Waals surface area contributed by atoms with Crippen LogP contribution in [0.3, 0.4) is 0 Å². The molecule has 1 fully saturated rings. The van der Waals surface area contributed by atoms with E-state index in [1.165, 1.54) is 0 Å². The largest absolute Gasteiger partial charge is 0.477 e. The van der Waals surface area contributed by atoms with Gasteiger partial charge in [-0.15, -0.1) is 0 Å². The highest BCUT2D eigenvalue weighted by Gasteiger charge is 2.35. The van der Waals surface area contributed by atoms with Crippen LogP contribution in [0, 0.1) is 5.92 Å². The summed E-state index contributed by atoms with van der Waals surface area (Å²) in [4.78, 5) is 30.9. The number of halogens is 1. The number of benzene rings is 1. The zero-order valence-electron chi connectivity index (χ0n) is 15.2. The fraction of sp³-hybridized carbons (Fsp3) is 0.350. The van der Waals surface area contributed by atoms with Crippen molar-refractivity contribution in [1.82, 2.24) is 10.3 Å². The van der Waals surface area contributed by atoms with Crippen LogP contribution in [0.25, 0.3) is 0 Å². The first-order valence-corrected chi connectivity index (χ1v) is 9.78. The van der Waals surface area contributed by atoms with Gasteiger partial charge in [0.2, 0.25) is 17.7 Å². The Morgan fingerprint density at radius 3 is 2.93 bits per heavy atom. The van der Waals surface area contributed by atoms with E-state index in [-0.39, 0.29) is 24.2 Å². The number of hydrogen-bond acceptors (Lipinski definition) is 4. The van der Waals surface area contributed by atoms with Gasteiger partial charge in [-0.3, -0.25) is 9.59 Å². The summed E-state index contributed by atoms with van der Waals surface area (Å²) in [5.74, 6) is -0.0168. The molecule has 0 radical (unpaired) electrons. The summed E-state index contributed by atoms with van der Waals surface area (Å²) in [6.45, 7) is 3.30. The number of nitrogens with one attached hydrogen (secondary N) is 1. The third-order valence-corrected chi connectivity index (χ3v) is 5.06. The number of rotatable bonds is 7. The van der Waals surface area contributed by atoms with Crippen LogP contribution in [0.4, 0.5) is 5.69 Å².